The molecule has 2 heterocycles. The highest BCUT2D eigenvalue weighted by atomic mass is 19.1. The Balaban J connectivity index is 1.76. The van der Waals surface area contributed by atoms with Gasteiger partial charge in [-0.05, 0) is 50.4 Å². The minimum Gasteiger partial charge on any atom is -0.396 e. The van der Waals surface area contributed by atoms with Crippen LogP contribution in [-0.4, -0.2) is 39.0 Å². The van der Waals surface area contributed by atoms with E-state index >= 15 is 0 Å². The molecule has 3 aromatic rings. The van der Waals surface area contributed by atoms with E-state index in [1.807, 2.05) is 37.4 Å². The van der Waals surface area contributed by atoms with E-state index in [2.05, 4.69) is 4.90 Å². The highest BCUT2D eigenvalue weighted by molar-refractivity contribution is 5.67. The van der Waals surface area contributed by atoms with Crippen LogP contribution >= 0.6 is 0 Å². The first-order valence-corrected chi connectivity index (χ1v) is 10.0. The maximum atomic E-state index is 14.4. The summed E-state index contributed by atoms with van der Waals surface area (Å²) in [5.74, 6) is -1.25. The van der Waals surface area contributed by atoms with Crippen molar-refractivity contribution in [1.82, 2.24) is 14.7 Å². The maximum Gasteiger partial charge on any atom is 0.151 e. The second kappa shape index (κ2) is 8.43. The number of aliphatic hydroxyl groups excluding tert-OH is 1. The van der Waals surface area contributed by atoms with Crippen molar-refractivity contribution in [3.05, 3.63) is 71.4 Å². The first-order chi connectivity index (χ1) is 14.1. The van der Waals surface area contributed by atoms with Crippen LogP contribution in [0.3, 0.4) is 0 Å². The number of aryl methyl sites for hydroxylation is 1. The van der Waals surface area contributed by atoms with E-state index < -0.39 is 11.6 Å². The van der Waals surface area contributed by atoms with Crippen molar-refractivity contribution in [1.29, 1.82) is 0 Å². The van der Waals surface area contributed by atoms with E-state index in [4.69, 9.17) is 5.10 Å². The average Bonchev–Trinajstić information content (AvgIpc) is 3.30. The third-order valence-electron chi connectivity index (χ3n) is 5.68. The van der Waals surface area contributed by atoms with Crippen LogP contribution in [0.2, 0.25) is 0 Å². The molecular weight excluding hydrogens is 372 g/mol. The van der Waals surface area contributed by atoms with Crippen LogP contribution in [0.25, 0.3) is 16.9 Å². The predicted molar refractivity (Wildman–Crippen MR) is 109 cm³/mol. The van der Waals surface area contributed by atoms with Crippen molar-refractivity contribution in [3.63, 3.8) is 0 Å². The van der Waals surface area contributed by atoms with Crippen LogP contribution < -0.4 is 0 Å². The van der Waals surface area contributed by atoms with E-state index in [1.165, 1.54) is 16.8 Å². The lowest BCUT2D eigenvalue weighted by Gasteiger charge is -2.23. The highest BCUT2D eigenvalue weighted by Crippen LogP contribution is 2.30. The third-order valence-corrected chi connectivity index (χ3v) is 5.68. The molecular formula is C23H25F2N3O. The second-order valence-corrected chi connectivity index (χ2v) is 7.64. The molecule has 1 fully saturated rings. The van der Waals surface area contributed by atoms with E-state index in [0.717, 1.165) is 54.3 Å². The molecule has 4 rings (SSSR count). The first kappa shape index (κ1) is 19.7. The molecule has 1 unspecified atom stereocenters. The Bertz CT molecular complexity index is 1000. The minimum atomic E-state index is -0.644. The minimum absolute atomic E-state index is 0.172. The number of likely N-dealkylation sites (tertiary alicyclic amines) is 1. The molecule has 1 N–H and O–H groups in total. The first-order valence-electron chi connectivity index (χ1n) is 10.0. The van der Waals surface area contributed by atoms with Crippen LogP contribution in [0.5, 0.6) is 0 Å². The lowest BCUT2D eigenvalue weighted by Crippen LogP contribution is -2.29. The summed E-state index contributed by atoms with van der Waals surface area (Å²) in [5, 5.41) is 14.1. The summed E-state index contributed by atoms with van der Waals surface area (Å²) in [6.07, 6.45) is 4.76. The SMILES string of the molecule is Cc1ccccc1-c1nn(-c2ccc(F)cc2F)cc1CN1CCCC1CCO. The average molecular weight is 397 g/mol. The molecule has 2 aromatic carbocycles. The number of hydrogen-bond acceptors (Lipinski definition) is 3. The van der Waals surface area contributed by atoms with Crippen LogP contribution in [0.15, 0.2) is 48.7 Å². The normalized spacial score (nSPS) is 17.2. The van der Waals surface area contributed by atoms with Crippen molar-refractivity contribution in [2.45, 2.75) is 38.8 Å². The van der Waals surface area contributed by atoms with E-state index in [0.29, 0.717) is 12.6 Å². The molecule has 1 aromatic heterocycles. The van der Waals surface area contributed by atoms with Gasteiger partial charge < -0.3 is 5.11 Å². The summed E-state index contributed by atoms with van der Waals surface area (Å²) < 4.78 is 29.2. The molecule has 152 valence electrons. The van der Waals surface area contributed by atoms with E-state index in [1.54, 1.807) is 0 Å². The number of halogens is 2. The van der Waals surface area contributed by atoms with E-state index in [9.17, 15) is 13.9 Å². The standard InChI is InChI=1S/C23H25F2N3O/c1-16-5-2-3-7-20(16)23-17(14-27-11-4-6-19(27)10-12-29)15-28(26-23)22-9-8-18(24)13-21(22)25/h2-3,5,7-9,13,15,19,29H,4,6,10-12,14H2,1H3. The molecule has 0 saturated carbocycles. The number of aromatic nitrogens is 2. The Morgan fingerprint density at radius 1 is 1.17 bits per heavy atom. The van der Waals surface area contributed by atoms with Crippen molar-refractivity contribution in [3.8, 4) is 16.9 Å². The molecule has 0 bridgehead atoms. The Kier molecular flexibility index (Phi) is 5.74. The van der Waals surface area contributed by atoms with Crippen molar-refractivity contribution in [2.24, 2.45) is 0 Å². The predicted octanol–water partition coefficient (Wildman–Crippen LogP) is 4.47. The number of benzene rings is 2. The fourth-order valence-corrected chi connectivity index (χ4v) is 4.18. The summed E-state index contributed by atoms with van der Waals surface area (Å²) in [4.78, 5) is 2.36. The molecule has 1 atom stereocenters. The van der Waals surface area contributed by atoms with Crippen molar-refractivity contribution < 1.29 is 13.9 Å². The molecule has 4 nitrogen and oxygen atoms in total. The van der Waals surface area contributed by atoms with Crippen LogP contribution in [0, 0.1) is 18.6 Å². The third kappa shape index (κ3) is 4.09. The van der Waals surface area contributed by atoms with Gasteiger partial charge in [0.2, 0.25) is 0 Å². The zero-order chi connectivity index (χ0) is 20.4. The zero-order valence-corrected chi connectivity index (χ0v) is 16.5. The lowest BCUT2D eigenvalue weighted by molar-refractivity contribution is 0.190. The summed E-state index contributed by atoms with van der Waals surface area (Å²) in [7, 11) is 0. The smallest absolute Gasteiger partial charge is 0.151 e. The number of nitrogens with zero attached hydrogens (tertiary/aromatic N) is 3. The molecule has 29 heavy (non-hydrogen) atoms. The van der Waals surface area contributed by atoms with Gasteiger partial charge in [-0.3, -0.25) is 4.90 Å². The van der Waals surface area contributed by atoms with Gasteiger partial charge in [-0.25, -0.2) is 13.5 Å². The van der Waals surface area contributed by atoms with Gasteiger partial charge in [0.05, 0.1) is 5.69 Å². The van der Waals surface area contributed by atoms with Crippen molar-refractivity contribution >= 4 is 0 Å². The van der Waals surface area contributed by atoms with Gasteiger partial charge in [-0.15, -0.1) is 0 Å². The number of aliphatic hydroxyl groups is 1. The topological polar surface area (TPSA) is 41.3 Å². The summed E-state index contributed by atoms with van der Waals surface area (Å²) in [6, 6.07) is 11.9. The van der Waals surface area contributed by atoms with Gasteiger partial charge >= 0.3 is 0 Å². The Hall–Kier alpha value is -2.57. The van der Waals surface area contributed by atoms with Crippen LogP contribution in [0.1, 0.15) is 30.4 Å². The van der Waals surface area contributed by atoms with Gasteiger partial charge in [-0.2, -0.15) is 5.10 Å². The summed E-state index contributed by atoms with van der Waals surface area (Å²) in [5.41, 5.74) is 4.11. The number of hydrogen-bond donors (Lipinski definition) is 1. The lowest BCUT2D eigenvalue weighted by atomic mass is 10.0. The largest absolute Gasteiger partial charge is 0.396 e. The van der Waals surface area contributed by atoms with Gasteiger partial charge in [-0.1, -0.05) is 24.3 Å². The maximum absolute atomic E-state index is 14.4. The fraction of sp³-hybridized carbons (Fsp3) is 0.348. The Morgan fingerprint density at radius 2 is 2.00 bits per heavy atom. The monoisotopic (exact) mass is 397 g/mol. The molecule has 0 spiro atoms. The summed E-state index contributed by atoms with van der Waals surface area (Å²) in [6.45, 7) is 3.85. The van der Waals surface area contributed by atoms with Crippen LogP contribution in [-0.2, 0) is 6.54 Å². The molecule has 6 heteroatoms. The van der Waals surface area contributed by atoms with Gasteiger partial charge in [0.15, 0.2) is 5.82 Å². The molecule has 1 saturated heterocycles. The van der Waals surface area contributed by atoms with Gasteiger partial charge in [0.25, 0.3) is 0 Å². The van der Waals surface area contributed by atoms with E-state index in [-0.39, 0.29) is 12.3 Å². The Labute approximate surface area is 169 Å². The molecule has 1 aliphatic rings. The molecule has 0 amide bonds. The molecule has 1 aliphatic heterocycles. The van der Waals surface area contributed by atoms with Crippen molar-refractivity contribution in [2.75, 3.05) is 13.2 Å². The Morgan fingerprint density at radius 3 is 2.76 bits per heavy atom. The van der Waals surface area contributed by atoms with Gasteiger partial charge in [0, 0.05) is 42.6 Å². The highest BCUT2D eigenvalue weighted by Gasteiger charge is 2.26. The quantitative estimate of drug-likeness (QED) is 0.667. The molecule has 0 radical (unpaired) electrons. The summed E-state index contributed by atoms with van der Waals surface area (Å²) >= 11 is 0. The zero-order valence-electron chi connectivity index (χ0n) is 16.5. The number of rotatable bonds is 6. The van der Waals surface area contributed by atoms with Crippen LogP contribution in [0.4, 0.5) is 8.78 Å². The van der Waals surface area contributed by atoms with Gasteiger partial charge in [0.1, 0.15) is 11.5 Å². The fourth-order valence-electron chi connectivity index (χ4n) is 4.18. The molecule has 0 aliphatic carbocycles. The second-order valence-electron chi connectivity index (χ2n) is 7.64.